The summed E-state index contributed by atoms with van der Waals surface area (Å²) in [5, 5.41) is 10.3. The number of β-amino-alcohol motifs (C(OH)–C–C–N with tert-alkyl or cyclic N) is 1. The minimum absolute atomic E-state index is 0.192. The molecule has 5 nitrogen and oxygen atoms in total. The highest BCUT2D eigenvalue weighted by atomic mass is 16.3. The summed E-state index contributed by atoms with van der Waals surface area (Å²) >= 11 is 0. The monoisotopic (exact) mass is 339 g/mol. The van der Waals surface area contributed by atoms with Gasteiger partial charge in [-0.05, 0) is 44.1 Å². The van der Waals surface area contributed by atoms with Crippen LogP contribution >= 0.6 is 0 Å². The lowest BCUT2D eigenvalue weighted by atomic mass is 9.72. The number of carbonyl (C=O) groups excluding carboxylic acids is 1. The summed E-state index contributed by atoms with van der Waals surface area (Å²) in [6, 6.07) is 0. The number of aliphatic hydroxyl groups is 1. The first-order chi connectivity index (χ1) is 11.2. The van der Waals surface area contributed by atoms with Crippen LogP contribution in [0.3, 0.4) is 0 Å². The van der Waals surface area contributed by atoms with E-state index in [0.717, 1.165) is 39.0 Å². The van der Waals surface area contributed by atoms with Crippen molar-refractivity contribution in [2.75, 3.05) is 53.4 Å². The molecule has 1 N–H and O–H groups in total. The lowest BCUT2D eigenvalue weighted by Crippen LogP contribution is -2.49. The first-order valence-corrected chi connectivity index (χ1v) is 9.58. The molecule has 5 heteroatoms. The molecule has 0 spiro atoms. The van der Waals surface area contributed by atoms with Crippen molar-refractivity contribution < 1.29 is 9.90 Å². The van der Waals surface area contributed by atoms with Gasteiger partial charge in [-0.2, -0.15) is 0 Å². The molecule has 0 aromatic carbocycles. The minimum Gasteiger partial charge on any atom is -0.390 e. The second kappa shape index (κ2) is 8.63. The Morgan fingerprint density at radius 2 is 1.79 bits per heavy atom. The van der Waals surface area contributed by atoms with Gasteiger partial charge in [0.25, 0.3) is 0 Å². The largest absolute Gasteiger partial charge is 0.390 e. The van der Waals surface area contributed by atoms with Crippen LogP contribution in [0.2, 0.25) is 0 Å². The number of carbonyl (C=O) groups is 1. The topological polar surface area (TPSA) is 47.0 Å². The maximum Gasteiger partial charge on any atom is 0.222 e. The van der Waals surface area contributed by atoms with Gasteiger partial charge in [-0.15, -0.1) is 0 Å². The Bertz CT molecular complexity index is 395. The van der Waals surface area contributed by atoms with Crippen LogP contribution in [0.4, 0.5) is 0 Å². The number of nitrogens with zero attached hydrogens (tertiary/aromatic N) is 3. The van der Waals surface area contributed by atoms with E-state index in [1.165, 1.54) is 12.8 Å². The van der Waals surface area contributed by atoms with Crippen LogP contribution in [0, 0.1) is 11.3 Å². The third-order valence-corrected chi connectivity index (χ3v) is 5.90. The Morgan fingerprint density at radius 1 is 1.21 bits per heavy atom. The molecule has 0 radical (unpaired) electrons. The smallest absolute Gasteiger partial charge is 0.222 e. The first kappa shape index (κ1) is 19.7. The van der Waals surface area contributed by atoms with E-state index in [1.807, 2.05) is 7.05 Å². The van der Waals surface area contributed by atoms with Crippen molar-refractivity contribution in [1.82, 2.24) is 14.7 Å². The van der Waals surface area contributed by atoms with E-state index in [2.05, 4.69) is 30.7 Å². The van der Waals surface area contributed by atoms with Crippen molar-refractivity contribution in [2.24, 2.45) is 11.3 Å². The number of likely N-dealkylation sites (N-methyl/N-ethyl adjacent to an activating group) is 2. The quantitative estimate of drug-likeness (QED) is 0.799. The number of aliphatic hydroxyl groups excluding tert-OH is 1. The van der Waals surface area contributed by atoms with Gasteiger partial charge in [-0.3, -0.25) is 9.69 Å². The lowest BCUT2D eigenvalue weighted by Gasteiger charge is -2.35. The second-order valence-electron chi connectivity index (χ2n) is 8.84. The van der Waals surface area contributed by atoms with Crippen LogP contribution in [0.1, 0.15) is 46.0 Å². The molecular weight excluding hydrogens is 302 g/mol. The summed E-state index contributed by atoms with van der Waals surface area (Å²) in [5.41, 5.74) is 0.449. The van der Waals surface area contributed by atoms with E-state index < -0.39 is 6.10 Å². The van der Waals surface area contributed by atoms with Gasteiger partial charge in [0.15, 0.2) is 0 Å². The van der Waals surface area contributed by atoms with E-state index >= 15 is 0 Å². The van der Waals surface area contributed by atoms with E-state index in [-0.39, 0.29) is 5.91 Å². The molecule has 140 valence electrons. The maximum absolute atomic E-state index is 12.4. The van der Waals surface area contributed by atoms with Crippen LogP contribution in [0.25, 0.3) is 0 Å². The van der Waals surface area contributed by atoms with Crippen LogP contribution < -0.4 is 0 Å². The molecule has 1 aliphatic heterocycles. The Balaban J connectivity index is 1.67. The fourth-order valence-corrected chi connectivity index (χ4v) is 3.87. The minimum atomic E-state index is -0.451. The molecule has 2 fully saturated rings. The standard InChI is InChI=1S/C19H37N3O2/c1-19(2)7-5-16(6-8-19)13-18(24)21(4)14-17(23)15-22-11-9-20(3)10-12-22/h16-17,23H,5-15H2,1-4H3. The van der Waals surface area contributed by atoms with Crippen LogP contribution in [0.15, 0.2) is 0 Å². The van der Waals surface area contributed by atoms with Gasteiger partial charge in [-0.1, -0.05) is 13.8 Å². The molecule has 24 heavy (non-hydrogen) atoms. The number of amides is 1. The summed E-state index contributed by atoms with van der Waals surface area (Å²) < 4.78 is 0. The third kappa shape index (κ3) is 6.34. The van der Waals surface area contributed by atoms with Crippen molar-refractivity contribution >= 4 is 5.91 Å². The van der Waals surface area contributed by atoms with Gasteiger partial charge in [-0.25, -0.2) is 0 Å². The molecule has 1 atom stereocenters. The van der Waals surface area contributed by atoms with Crippen LogP contribution in [-0.4, -0.2) is 85.2 Å². The van der Waals surface area contributed by atoms with E-state index in [1.54, 1.807) is 4.90 Å². The van der Waals surface area contributed by atoms with E-state index in [4.69, 9.17) is 0 Å². The van der Waals surface area contributed by atoms with E-state index in [9.17, 15) is 9.90 Å². The molecule has 0 aromatic rings. The first-order valence-electron chi connectivity index (χ1n) is 9.58. The number of rotatable bonds is 6. The third-order valence-electron chi connectivity index (χ3n) is 5.90. The van der Waals surface area contributed by atoms with Crippen LogP contribution in [0.5, 0.6) is 0 Å². The Kier molecular flexibility index (Phi) is 7.08. The highest BCUT2D eigenvalue weighted by Gasteiger charge is 2.29. The average Bonchev–Trinajstić information content (AvgIpc) is 2.51. The summed E-state index contributed by atoms with van der Waals surface area (Å²) in [4.78, 5) is 18.8. The van der Waals surface area contributed by atoms with Crippen molar-refractivity contribution in [3.8, 4) is 0 Å². The van der Waals surface area contributed by atoms with Gasteiger partial charge in [0, 0.05) is 52.7 Å². The zero-order chi connectivity index (χ0) is 17.7. The van der Waals surface area contributed by atoms with Gasteiger partial charge in [0.05, 0.1) is 6.10 Å². The summed E-state index contributed by atoms with van der Waals surface area (Å²) in [5.74, 6) is 0.722. The van der Waals surface area contributed by atoms with Crippen molar-refractivity contribution in [2.45, 2.75) is 52.1 Å². The highest BCUT2D eigenvalue weighted by Crippen LogP contribution is 2.39. The molecule has 1 aliphatic carbocycles. The average molecular weight is 340 g/mol. The number of hydrogen-bond acceptors (Lipinski definition) is 4. The normalized spacial score (nSPS) is 24.7. The lowest BCUT2D eigenvalue weighted by molar-refractivity contribution is -0.132. The molecule has 0 bridgehead atoms. The molecule has 1 heterocycles. The molecule has 0 aromatic heterocycles. The van der Waals surface area contributed by atoms with Crippen LogP contribution in [-0.2, 0) is 4.79 Å². The molecule has 1 amide bonds. The molecular formula is C19H37N3O2. The van der Waals surface area contributed by atoms with Gasteiger partial charge in [0.2, 0.25) is 5.91 Å². The molecule has 2 rings (SSSR count). The summed E-state index contributed by atoms with van der Waals surface area (Å²) in [6.45, 7) is 9.88. The van der Waals surface area contributed by atoms with Gasteiger partial charge in [0.1, 0.15) is 0 Å². The Morgan fingerprint density at radius 3 is 2.38 bits per heavy atom. The van der Waals surface area contributed by atoms with Crippen molar-refractivity contribution in [1.29, 1.82) is 0 Å². The summed E-state index contributed by atoms with van der Waals surface area (Å²) in [6.07, 6.45) is 4.97. The number of hydrogen-bond donors (Lipinski definition) is 1. The Labute approximate surface area is 148 Å². The van der Waals surface area contributed by atoms with Gasteiger partial charge < -0.3 is 14.9 Å². The zero-order valence-corrected chi connectivity index (χ0v) is 16.1. The SMILES string of the molecule is CN1CCN(CC(O)CN(C)C(=O)CC2CCC(C)(C)CC2)CC1. The highest BCUT2D eigenvalue weighted by molar-refractivity contribution is 5.76. The maximum atomic E-state index is 12.4. The predicted octanol–water partition coefficient (Wildman–Crippen LogP) is 1.66. The predicted molar refractivity (Wildman–Crippen MR) is 97.9 cm³/mol. The molecule has 2 aliphatic rings. The van der Waals surface area contributed by atoms with Gasteiger partial charge >= 0.3 is 0 Å². The van der Waals surface area contributed by atoms with Crippen molar-refractivity contribution in [3.05, 3.63) is 0 Å². The Hall–Kier alpha value is -0.650. The number of piperazine rings is 1. The van der Waals surface area contributed by atoms with E-state index in [0.29, 0.717) is 30.8 Å². The van der Waals surface area contributed by atoms with Crippen molar-refractivity contribution in [3.63, 3.8) is 0 Å². The fraction of sp³-hybridized carbons (Fsp3) is 0.947. The second-order valence-corrected chi connectivity index (χ2v) is 8.84. The molecule has 1 saturated carbocycles. The zero-order valence-electron chi connectivity index (χ0n) is 16.1. The molecule has 1 saturated heterocycles. The molecule has 1 unspecified atom stereocenters. The summed E-state index contributed by atoms with van der Waals surface area (Å²) in [7, 11) is 3.97. The fourth-order valence-electron chi connectivity index (χ4n) is 3.87.